The molecule has 1 aromatic rings. The van der Waals surface area contributed by atoms with E-state index in [-0.39, 0.29) is 24.3 Å². The molecule has 1 atom stereocenters. The Bertz CT molecular complexity index is 708. The monoisotopic (exact) mass is 378 g/mol. The molecular weight excluding hydrogens is 352 g/mol. The molecule has 2 amide bonds. The maximum absolute atomic E-state index is 12.6. The zero-order valence-electron chi connectivity index (χ0n) is 16.3. The Labute approximate surface area is 158 Å². The van der Waals surface area contributed by atoms with Crippen LogP contribution >= 0.6 is 0 Å². The first-order valence-corrected chi connectivity index (χ1v) is 8.50. The topological polar surface area (TPSA) is 111 Å². The van der Waals surface area contributed by atoms with Gasteiger partial charge in [0.25, 0.3) is 5.91 Å². The predicted molar refractivity (Wildman–Crippen MR) is 99.1 cm³/mol. The summed E-state index contributed by atoms with van der Waals surface area (Å²) in [5, 5.41) is 5.10. The van der Waals surface area contributed by atoms with Gasteiger partial charge in [-0.1, -0.05) is 12.1 Å². The summed E-state index contributed by atoms with van der Waals surface area (Å²) in [4.78, 5) is 47.7. The predicted octanol–water partition coefficient (Wildman–Crippen LogP) is 2.04. The number of anilines is 1. The summed E-state index contributed by atoms with van der Waals surface area (Å²) in [6.07, 6.45) is -0.0414. The Morgan fingerprint density at radius 2 is 1.74 bits per heavy atom. The van der Waals surface area contributed by atoms with Crippen molar-refractivity contribution in [3.63, 3.8) is 0 Å². The minimum absolute atomic E-state index is 0.0234. The number of carbonyl (C=O) groups is 4. The maximum Gasteiger partial charge on any atom is 0.328 e. The van der Waals surface area contributed by atoms with Gasteiger partial charge in [-0.2, -0.15) is 0 Å². The molecule has 0 unspecified atom stereocenters. The number of benzene rings is 1. The van der Waals surface area contributed by atoms with Crippen LogP contribution in [-0.4, -0.2) is 42.5 Å². The lowest BCUT2D eigenvalue weighted by atomic mass is 10.1. The fourth-order valence-corrected chi connectivity index (χ4v) is 2.26. The van der Waals surface area contributed by atoms with Crippen molar-refractivity contribution in [3.8, 4) is 0 Å². The van der Waals surface area contributed by atoms with Crippen LogP contribution in [0.5, 0.6) is 0 Å². The van der Waals surface area contributed by atoms with E-state index in [2.05, 4.69) is 10.6 Å². The van der Waals surface area contributed by atoms with Crippen LogP contribution in [0, 0.1) is 0 Å². The van der Waals surface area contributed by atoms with E-state index in [0.29, 0.717) is 5.69 Å². The van der Waals surface area contributed by atoms with E-state index in [1.165, 1.54) is 20.1 Å². The van der Waals surface area contributed by atoms with E-state index in [0.717, 1.165) is 0 Å². The molecule has 0 aromatic heterocycles. The van der Waals surface area contributed by atoms with Crippen LogP contribution in [0.4, 0.5) is 5.69 Å². The van der Waals surface area contributed by atoms with E-state index in [4.69, 9.17) is 9.47 Å². The van der Waals surface area contributed by atoms with Crippen LogP contribution in [0.2, 0.25) is 0 Å². The summed E-state index contributed by atoms with van der Waals surface area (Å²) < 4.78 is 9.90. The number of para-hydroxylation sites is 1. The molecule has 0 saturated heterocycles. The molecule has 8 heteroatoms. The summed E-state index contributed by atoms with van der Waals surface area (Å²) in [7, 11) is 1.19. The van der Waals surface area contributed by atoms with Gasteiger partial charge >= 0.3 is 11.9 Å². The van der Waals surface area contributed by atoms with E-state index in [9.17, 15) is 19.2 Å². The van der Waals surface area contributed by atoms with Gasteiger partial charge in [0.1, 0.15) is 11.6 Å². The summed E-state index contributed by atoms with van der Waals surface area (Å²) in [5.74, 6) is -2.06. The molecule has 8 nitrogen and oxygen atoms in total. The standard InChI is InChI=1S/C19H26N2O6/c1-12(22)20-14-9-7-6-8-13(14)17(24)21-15(18(25)26-5)10-11-16(23)27-19(2,3)4/h6-9,15H,10-11H2,1-5H3,(H,20,22)(H,21,24)/t15-/m1/s1. The lowest BCUT2D eigenvalue weighted by Crippen LogP contribution is -2.42. The molecule has 0 radical (unpaired) electrons. The van der Waals surface area contributed by atoms with Crippen LogP contribution in [0.25, 0.3) is 0 Å². The highest BCUT2D eigenvalue weighted by molar-refractivity contribution is 6.04. The number of esters is 2. The number of ether oxygens (including phenoxy) is 2. The lowest BCUT2D eigenvalue weighted by Gasteiger charge is -2.21. The van der Waals surface area contributed by atoms with Crippen molar-refractivity contribution in [1.82, 2.24) is 5.32 Å². The molecule has 0 saturated carbocycles. The van der Waals surface area contributed by atoms with E-state index >= 15 is 0 Å². The highest BCUT2D eigenvalue weighted by Crippen LogP contribution is 2.16. The summed E-state index contributed by atoms with van der Waals surface area (Å²) in [5.41, 5.74) is -0.129. The van der Waals surface area contributed by atoms with Gasteiger partial charge in [0.2, 0.25) is 5.91 Å². The number of methoxy groups -OCH3 is 1. The number of carbonyl (C=O) groups excluding carboxylic acids is 4. The van der Waals surface area contributed by atoms with E-state index in [1.54, 1.807) is 39.0 Å². The second-order valence-electron chi connectivity index (χ2n) is 6.90. The fraction of sp³-hybridized carbons (Fsp3) is 0.474. The SMILES string of the molecule is COC(=O)[C@@H](CCC(=O)OC(C)(C)C)NC(=O)c1ccccc1NC(C)=O. The second kappa shape index (κ2) is 9.70. The molecule has 27 heavy (non-hydrogen) atoms. The average Bonchev–Trinajstić information content (AvgIpc) is 2.56. The largest absolute Gasteiger partial charge is 0.467 e. The van der Waals surface area contributed by atoms with Gasteiger partial charge in [-0.15, -0.1) is 0 Å². The zero-order valence-corrected chi connectivity index (χ0v) is 16.3. The smallest absolute Gasteiger partial charge is 0.328 e. The summed E-state index contributed by atoms with van der Waals surface area (Å²) in [6.45, 7) is 6.54. The Morgan fingerprint density at radius 1 is 1.11 bits per heavy atom. The van der Waals surface area contributed by atoms with Crippen LogP contribution < -0.4 is 10.6 Å². The van der Waals surface area contributed by atoms with E-state index < -0.39 is 29.5 Å². The number of hydrogen-bond acceptors (Lipinski definition) is 6. The molecule has 1 aromatic carbocycles. The van der Waals surface area contributed by atoms with Gasteiger partial charge in [0.05, 0.1) is 18.4 Å². The van der Waals surface area contributed by atoms with Crippen LogP contribution in [0.15, 0.2) is 24.3 Å². The Morgan fingerprint density at radius 3 is 2.30 bits per heavy atom. The van der Waals surface area contributed by atoms with Crippen molar-refractivity contribution in [2.45, 2.75) is 52.2 Å². The molecule has 1 rings (SSSR count). The third-order valence-electron chi connectivity index (χ3n) is 3.33. The number of amides is 2. The Kier molecular flexibility index (Phi) is 7.96. The zero-order chi connectivity index (χ0) is 20.6. The number of rotatable bonds is 7. The molecule has 148 valence electrons. The Hall–Kier alpha value is -2.90. The van der Waals surface area contributed by atoms with Gasteiger partial charge in [0, 0.05) is 13.3 Å². The number of nitrogens with one attached hydrogen (secondary N) is 2. The van der Waals surface area contributed by atoms with Crippen molar-refractivity contribution in [2.75, 3.05) is 12.4 Å². The molecule has 0 heterocycles. The third kappa shape index (κ3) is 7.89. The van der Waals surface area contributed by atoms with Crippen molar-refractivity contribution in [3.05, 3.63) is 29.8 Å². The quantitative estimate of drug-likeness (QED) is 0.703. The first-order valence-electron chi connectivity index (χ1n) is 8.50. The van der Waals surface area contributed by atoms with Crippen molar-refractivity contribution in [1.29, 1.82) is 0 Å². The van der Waals surface area contributed by atoms with Crippen molar-refractivity contribution in [2.24, 2.45) is 0 Å². The third-order valence-corrected chi connectivity index (χ3v) is 3.33. The first-order chi connectivity index (χ1) is 12.5. The Balaban J connectivity index is 2.85. The fourth-order valence-electron chi connectivity index (χ4n) is 2.26. The van der Waals surface area contributed by atoms with Gasteiger partial charge in [-0.05, 0) is 39.3 Å². The average molecular weight is 378 g/mol. The summed E-state index contributed by atoms with van der Waals surface area (Å²) >= 11 is 0. The minimum Gasteiger partial charge on any atom is -0.467 e. The van der Waals surface area contributed by atoms with Crippen molar-refractivity contribution < 1.29 is 28.7 Å². The lowest BCUT2D eigenvalue weighted by molar-refractivity contribution is -0.155. The molecule has 0 bridgehead atoms. The van der Waals surface area contributed by atoms with Gasteiger partial charge in [-0.25, -0.2) is 4.79 Å². The maximum atomic E-state index is 12.6. The van der Waals surface area contributed by atoms with Gasteiger partial charge in [0.15, 0.2) is 0 Å². The van der Waals surface area contributed by atoms with Gasteiger partial charge < -0.3 is 20.1 Å². The molecule has 0 spiro atoms. The minimum atomic E-state index is -1.03. The molecular formula is C19H26N2O6. The molecule has 0 aliphatic heterocycles. The molecule has 0 aliphatic carbocycles. The van der Waals surface area contributed by atoms with Gasteiger partial charge in [-0.3, -0.25) is 14.4 Å². The van der Waals surface area contributed by atoms with Crippen molar-refractivity contribution >= 4 is 29.4 Å². The summed E-state index contributed by atoms with van der Waals surface area (Å²) in [6, 6.07) is 5.36. The van der Waals surface area contributed by atoms with Crippen LogP contribution in [-0.2, 0) is 23.9 Å². The first kappa shape index (κ1) is 22.1. The number of hydrogen-bond donors (Lipinski definition) is 2. The highest BCUT2D eigenvalue weighted by atomic mass is 16.6. The highest BCUT2D eigenvalue weighted by Gasteiger charge is 2.25. The molecule has 2 N–H and O–H groups in total. The molecule has 0 aliphatic rings. The normalized spacial score (nSPS) is 11.9. The van der Waals surface area contributed by atoms with Crippen LogP contribution in [0.3, 0.4) is 0 Å². The van der Waals surface area contributed by atoms with E-state index in [1.807, 2.05) is 0 Å². The molecule has 0 fully saturated rings. The second-order valence-corrected chi connectivity index (χ2v) is 6.90. The van der Waals surface area contributed by atoms with Crippen LogP contribution in [0.1, 0.15) is 50.9 Å².